The number of hydrogen-bond acceptors (Lipinski definition) is 3. The third-order valence-corrected chi connectivity index (χ3v) is 6.93. The Balaban J connectivity index is 1.42. The molecule has 30 heavy (non-hydrogen) atoms. The number of hydrogen-bond donors (Lipinski definition) is 1. The van der Waals surface area contributed by atoms with E-state index in [1.165, 1.54) is 10.5 Å². The molecule has 0 aromatic heterocycles. The van der Waals surface area contributed by atoms with Crippen LogP contribution >= 0.6 is 11.6 Å². The summed E-state index contributed by atoms with van der Waals surface area (Å²) >= 11 is 6.04. The van der Waals surface area contributed by atoms with Crippen molar-refractivity contribution in [2.24, 2.45) is 23.7 Å². The van der Waals surface area contributed by atoms with Gasteiger partial charge in [0.05, 0.1) is 17.5 Å². The molecule has 1 saturated heterocycles. The van der Waals surface area contributed by atoms with Crippen LogP contribution in [0.5, 0.6) is 0 Å². The lowest BCUT2D eigenvalue weighted by atomic mass is 9.82. The van der Waals surface area contributed by atoms with E-state index in [0.717, 1.165) is 12.0 Å². The Labute approximate surface area is 179 Å². The van der Waals surface area contributed by atoms with Gasteiger partial charge < -0.3 is 5.32 Å². The zero-order valence-electron chi connectivity index (χ0n) is 16.7. The Bertz CT molecular complexity index is 1140. The summed E-state index contributed by atoms with van der Waals surface area (Å²) in [5.74, 6) is -0.828. The minimum Gasteiger partial charge on any atom is -0.322 e. The molecule has 1 heterocycles. The zero-order valence-corrected chi connectivity index (χ0v) is 17.4. The molecule has 3 amide bonds. The second kappa shape index (κ2) is 6.81. The fourth-order valence-corrected chi connectivity index (χ4v) is 5.41. The maximum absolute atomic E-state index is 13.2. The number of amides is 3. The van der Waals surface area contributed by atoms with Crippen LogP contribution in [0.25, 0.3) is 0 Å². The van der Waals surface area contributed by atoms with Gasteiger partial charge in [0.2, 0.25) is 11.8 Å². The molecular weight excluding hydrogens is 400 g/mol. The van der Waals surface area contributed by atoms with Gasteiger partial charge in [0.15, 0.2) is 0 Å². The Hall–Kier alpha value is -2.92. The third kappa shape index (κ3) is 2.80. The minimum atomic E-state index is -0.320. The fourth-order valence-electron chi connectivity index (χ4n) is 5.24. The van der Waals surface area contributed by atoms with Gasteiger partial charge in [-0.2, -0.15) is 0 Å². The standard InChI is InChI=1S/C24H21ClN2O3/c1-12-6-7-16(25)11-19(12)26-22(28)14-4-3-5-17(9-14)27-23(29)20-15-8-13(2)18(10-15)21(20)24(27)30/h3-9,11,15,18,20-21H,10H2,1-2H3,(H,26,28)/t15-,18+,20-,21-/m0/s1. The molecule has 0 spiro atoms. The Morgan fingerprint density at radius 3 is 2.63 bits per heavy atom. The summed E-state index contributed by atoms with van der Waals surface area (Å²) in [5, 5.41) is 3.39. The van der Waals surface area contributed by atoms with Gasteiger partial charge in [-0.1, -0.05) is 35.4 Å². The maximum atomic E-state index is 13.2. The number of allylic oxidation sites excluding steroid dienone is 2. The summed E-state index contributed by atoms with van der Waals surface area (Å²) in [4.78, 5) is 40.3. The zero-order chi connectivity index (χ0) is 21.2. The Kier molecular flexibility index (Phi) is 4.33. The first-order chi connectivity index (χ1) is 14.3. The van der Waals surface area contributed by atoms with Gasteiger partial charge in [0.25, 0.3) is 5.91 Å². The lowest BCUT2D eigenvalue weighted by Gasteiger charge is -2.19. The van der Waals surface area contributed by atoms with Crippen LogP contribution in [0.3, 0.4) is 0 Å². The Morgan fingerprint density at radius 1 is 1.07 bits per heavy atom. The van der Waals surface area contributed by atoms with Crippen molar-refractivity contribution in [1.82, 2.24) is 0 Å². The average Bonchev–Trinajstić information content (AvgIpc) is 3.35. The van der Waals surface area contributed by atoms with Crippen LogP contribution in [0.4, 0.5) is 11.4 Å². The third-order valence-electron chi connectivity index (χ3n) is 6.70. The topological polar surface area (TPSA) is 66.5 Å². The van der Waals surface area contributed by atoms with E-state index < -0.39 is 0 Å². The number of benzene rings is 2. The molecule has 0 radical (unpaired) electrons. The molecule has 2 aromatic carbocycles. The van der Waals surface area contributed by atoms with Crippen LogP contribution in [-0.2, 0) is 9.59 Å². The van der Waals surface area contributed by atoms with E-state index in [0.29, 0.717) is 22.0 Å². The number of fused-ring (bicyclic) bond motifs is 5. The van der Waals surface area contributed by atoms with Gasteiger partial charge in [-0.05, 0) is 68.0 Å². The first kappa shape index (κ1) is 19.1. The summed E-state index contributed by atoms with van der Waals surface area (Å²) in [5.41, 5.74) is 3.56. The molecule has 1 saturated carbocycles. The highest BCUT2D eigenvalue weighted by Crippen LogP contribution is 2.55. The predicted octanol–water partition coefficient (Wildman–Crippen LogP) is 4.60. The average molecular weight is 421 g/mol. The van der Waals surface area contributed by atoms with E-state index in [1.54, 1.807) is 36.4 Å². The van der Waals surface area contributed by atoms with Crippen molar-refractivity contribution in [2.45, 2.75) is 20.3 Å². The number of aryl methyl sites for hydroxylation is 1. The number of nitrogens with zero attached hydrogens (tertiary/aromatic N) is 1. The molecule has 6 heteroatoms. The van der Waals surface area contributed by atoms with E-state index in [9.17, 15) is 14.4 Å². The summed E-state index contributed by atoms with van der Waals surface area (Å²) in [6.07, 6.45) is 3.05. The van der Waals surface area contributed by atoms with Crippen molar-refractivity contribution in [2.75, 3.05) is 10.2 Å². The number of rotatable bonds is 3. The van der Waals surface area contributed by atoms with E-state index in [4.69, 9.17) is 11.6 Å². The van der Waals surface area contributed by atoms with Crippen LogP contribution in [-0.4, -0.2) is 17.7 Å². The SMILES string of the molecule is CC1=C[C@H]2C[C@H]1[C@@H]1C(=O)N(c3cccc(C(=O)Nc4cc(Cl)ccc4C)c3)C(=O)[C@H]12. The van der Waals surface area contributed by atoms with Gasteiger partial charge in [-0.3, -0.25) is 14.4 Å². The molecule has 3 aliphatic rings. The molecule has 2 aliphatic carbocycles. The van der Waals surface area contributed by atoms with Crippen molar-refractivity contribution in [3.8, 4) is 0 Å². The first-order valence-corrected chi connectivity index (χ1v) is 10.5. The Morgan fingerprint density at radius 2 is 1.83 bits per heavy atom. The number of nitrogens with one attached hydrogen (secondary N) is 1. The first-order valence-electron chi connectivity index (χ1n) is 10.1. The van der Waals surface area contributed by atoms with Gasteiger partial charge in [0, 0.05) is 16.3 Å². The number of imide groups is 1. The lowest BCUT2D eigenvalue weighted by Crippen LogP contribution is -2.33. The molecule has 4 atom stereocenters. The predicted molar refractivity (Wildman–Crippen MR) is 115 cm³/mol. The summed E-state index contributed by atoms with van der Waals surface area (Å²) < 4.78 is 0. The summed E-state index contributed by atoms with van der Waals surface area (Å²) in [7, 11) is 0. The van der Waals surface area contributed by atoms with Crippen LogP contribution in [0.15, 0.2) is 54.1 Å². The molecule has 1 N–H and O–H groups in total. The van der Waals surface area contributed by atoms with E-state index in [2.05, 4.69) is 11.4 Å². The summed E-state index contributed by atoms with van der Waals surface area (Å²) in [6.45, 7) is 3.93. The van der Waals surface area contributed by atoms with Gasteiger partial charge in [-0.25, -0.2) is 4.90 Å². The van der Waals surface area contributed by atoms with Crippen molar-refractivity contribution in [3.05, 3.63) is 70.3 Å². The van der Waals surface area contributed by atoms with E-state index in [-0.39, 0.29) is 41.4 Å². The molecule has 1 aliphatic heterocycles. The quantitative estimate of drug-likeness (QED) is 0.582. The monoisotopic (exact) mass is 420 g/mol. The molecule has 5 rings (SSSR count). The number of carbonyl (C=O) groups excluding carboxylic acids is 3. The minimum absolute atomic E-state index is 0.145. The van der Waals surface area contributed by atoms with Crippen molar-refractivity contribution < 1.29 is 14.4 Å². The molecule has 152 valence electrons. The molecular formula is C24H21ClN2O3. The lowest BCUT2D eigenvalue weighted by molar-refractivity contribution is -0.123. The van der Waals surface area contributed by atoms with Crippen molar-refractivity contribution in [1.29, 1.82) is 0 Å². The van der Waals surface area contributed by atoms with Crippen LogP contribution in [0.2, 0.25) is 5.02 Å². The van der Waals surface area contributed by atoms with E-state index in [1.807, 2.05) is 19.9 Å². The summed E-state index contributed by atoms with van der Waals surface area (Å²) in [6, 6.07) is 12.0. The molecule has 5 nitrogen and oxygen atoms in total. The van der Waals surface area contributed by atoms with E-state index >= 15 is 0 Å². The second-order valence-corrected chi connectivity index (χ2v) is 8.88. The normalized spacial score (nSPS) is 26.8. The number of anilines is 2. The van der Waals surface area contributed by atoms with Gasteiger partial charge >= 0.3 is 0 Å². The number of halogens is 1. The van der Waals surface area contributed by atoms with Crippen LogP contribution in [0, 0.1) is 30.6 Å². The van der Waals surface area contributed by atoms with Crippen LogP contribution < -0.4 is 10.2 Å². The molecule has 2 aromatic rings. The van der Waals surface area contributed by atoms with Crippen molar-refractivity contribution >= 4 is 40.7 Å². The molecule has 0 unspecified atom stereocenters. The molecule has 2 fully saturated rings. The maximum Gasteiger partial charge on any atom is 0.255 e. The number of carbonyl (C=O) groups is 3. The highest BCUT2D eigenvalue weighted by atomic mass is 35.5. The van der Waals surface area contributed by atoms with Crippen LogP contribution in [0.1, 0.15) is 29.3 Å². The highest BCUT2D eigenvalue weighted by molar-refractivity contribution is 6.31. The highest BCUT2D eigenvalue weighted by Gasteiger charge is 2.60. The second-order valence-electron chi connectivity index (χ2n) is 8.44. The van der Waals surface area contributed by atoms with Gasteiger partial charge in [0.1, 0.15) is 0 Å². The largest absolute Gasteiger partial charge is 0.322 e. The smallest absolute Gasteiger partial charge is 0.255 e. The molecule has 2 bridgehead atoms. The van der Waals surface area contributed by atoms with Crippen molar-refractivity contribution in [3.63, 3.8) is 0 Å². The fraction of sp³-hybridized carbons (Fsp3) is 0.292. The van der Waals surface area contributed by atoms with Gasteiger partial charge in [-0.15, -0.1) is 0 Å².